The molecule has 3 heterocycles. The molecule has 0 atom stereocenters. The Hall–Kier alpha value is -6.23. The zero-order valence-electron chi connectivity index (χ0n) is 32.9. The van der Waals surface area contributed by atoms with Crippen LogP contribution in [0.5, 0.6) is 0 Å². The number of hydrogen-bond donors (Lipinski definition) is 0. The van der Waals surface area contributed by atoms with E-state index >= 15 is 0 Å². The minimum Gasteiger partial charge on any atom is -0.422 e. The van der Waals surface area contributed by atoms with Gasteiger partial charge in [0.2, 0.25) is 0 Å². The van der Waals surface area contributed by atoms with Crippen LogP contribution in [0.4, 0.5) is 39.5 Å². The van der Waals surface area contributed by atoms with E-state index < -0.39 is 56.0 Å². The minimum absolute atomic E-state index is 0.138. The fraction of sp³-hybridized carbons (Fsp3) is 0.133. The van der Waals surface area contributed by atoms with Crippen LogP contribution in [0, 0.1) is 0 Å². The van der Waals surface area contributed by atoms with Crippen molar-refractivity contribution >= 4 is 53.9 Å². The maximum atomic E-state index is 13.4. The number of nitrogens with zero attached hydrogens (tertiary/aromatic N) is 3. The molecule has 3 aromatic heterocycles. The van der Waals surface area contributed by atoms with E-state index in [9.17, 15) is 39.5 Å². The summed E-state index contributed by atoms with van der Waals surface area (Å²) in [4.78, 5) is 13.7. The third-order valence-electron chi connectivity index (χ3n) is 9.87. The average Bonchev–Trinajstić information content (AvgIpc) is 3.27. The number of rotatable bonds is 15. The molecule has 63 heavy (non-hydrogen) atoms. The molecule has 0 aliphatic heterocycles. The van der Waals surface area contributed by atoms with E-state index in [1.807, 2.05) is 0 Å². The number of benzene rings is 4. The molecule has 0 saturated heterocycles. The highest BCUT2D eigenvalue weighted by Gasteiger charge is 2.35. The molecule has 4 aromatic carbocycles. The van der Waals surface area contributed by atoms with Crippen molar-refractivity contribution in [2.24, 2.45) is 0 Å². The van der Waals surface area contributed by atoms with Crippen molar-refractivity contribution in [1.82, 2.24) is 15.0 Å². The van der Waals surface area contributed by atoms with Crippen molar-refractivity contribution in [3.63, 3.8) is 0 Å². The molecular formula is C45H33B3F9N3O3. The fourth-order valence-electron chi connectivity index (χ4n) is 6.72. The van der Waals surface area contributed by atoms with E-state index in [-0.39, 0.29) is 19.8 Å². The Labute approximate surface area is 357 Å². The van der Waals surface area contributed by atoms with Gasteiger partial charge in [-0.1, -0.05) is 72.8 Å². The van der Waals surface area contributed by atoms with E-state index in [2.05, 4.69) is 15.0 Å². The van der Waals surface area contributed by atoms with Crippen LogP contribution in [-0.2, 0) is 52.3 Å². The first-order valence-electron chi connectivity index (χ1n) is 19.3. The summed E-state index contributed by atoms with van der Waals surface area (Å²) in [6, 6.07) is 34.5. The molecule has 318 valence electrons. The summed E-state index contributed by atoms with van der Waals surface area (Å²) < 4.78 is 140. The van der Waals surface area contributed by atoms with Gasteiger partial charge in [0.1, 0.15) is 0 Å². The highest BCUT2D eigenvalue weighted by atomic mass is 19.4. The molecule has 0 aliphatic rings. The number of halogens is 9. The van der Waals surface area contributed by atoms with Crippen LogP contribution in [0.2, 0.25) is 0 Å². The Morgan fingerprint density at radius 3 is 0.810 bits per heavy atom. The molecule has 0 amide bonds. The van der Waals surface area contributed by atoms with Gasteiger partial charge in [-0.2, -0.15) is 39.5 Å². The highest BCUT2D eigenvalue weighted by molar-refractivity contribution is 6.85. The number of pyridine rings is 3. The number of alkyl halides is 9. The number of aromatic nitrogens is 3. The molecule has 18 heteroatoms. The first kappa shape index (κ1) is 44.8. The van der Waals surface area contributed by atoms with Crippen molar-refractivity contribution < 1.29 is 53.5 Å². The topological polar surface area (TPSA) is 66.4 Å². The summed E-state index contributed by atoms with van der Waals surface area (Å²) in [5.74, 6) is 0. The lowest BCUT2D eigenvalue weighted by atomic mass is 9.48. The van der Waals surface area contributed by atoms with Gasteiger partial charge in [-0.25, -0.2) is 0 Å². The lowest BCUT2D eigenvalue weighted by Crippen LogP contribution is -2.56. The summed E-state index contributed by atoms with van der Waals surface area (Å²) in [6.07, 6.45) is -8.94. The van der Waals surface area contributed by atoms with E-state index in [0.29, 0.717) is 49.9 Å². The van der Waals surface area contributed by atoms with Crippen molar-refractivity contribution in [1.29, 1.82) is 0 Å². The third-order valence-corrected chi connectivity index (χ3v) is 9.87. The van der Waals surface area contributed by atoms with Gasteiger partial charge < -0.3 is 14.0 Å². The monoisotopic (exact) mass is 867 g/mol. The molecule has 7 aromatic rings. The van der Waals surface area contributed by atoms with Gasteiger partial charge in [-0.3, -0.25) is 15.0 Å². The molecule has 7 rings (SSSR count). The van der Waals surface area contributed by atoms with E-state index in [0.717, 1.165) is 36.4 Å². The van der Waals surface area contributed by atoms with E-state index in [1.165, 1.54) is 36.4 Å². The Bertz CT molecular complexity index is 2240. The van der Waals surface area contributed by atoms with Gasteiger partial charge in [-0.05, 0) is 106 Å². The second-order valence-corrected chi connectivity index (χ2v) is 14.4. The van der Waals surface area contributed by atoms with Crippen LogP contribution < -0.4 is 33.2 Å². The van der Waals surface area contributed by atoms with Gasteiger partial charge in [0.15, 0.2) is 0 Å². The van der Waals surface area contributed by atoms with Gasteiger partial charge in [-0.15, -0.1) is 0 Å². The Balaban J connectivity index is 1.33. The quantitative estimate of drug-likeness (QED) is 0.0827. The molecule has 0 saturated carbocycles. The molecule has 6 nitrogen and oxygen atoms in total. The lowest BCUT2D eigenvalue weighted by Gasteiger charge is -2.22. The fourth-order valence-corrected chi connectivity index (χ4v) is 6.72. The summed E-state index contributed by atoms with van der Waals surface area (Å²) in [5.41, 5.74) is 1.65. The van der Waals surface area contributed by atoms with Crippen LogP contribution >= 0.6 is 0 Å². The van der Waals surface area contributed by atoms with Crippen LogP contribution in [0.1, 0.15) is 33.4 Å². The van der Waals surface area contributed by atoms with Crippen LogP contribution in [0.25, 0.3) is 0 Å². The zero-order valence-corrected chi connectivity index (χ0v) is 32.9. The van der Waals surface area contributed by atoms with Gasteiger partial charge in [0, 0.05) is 35.4 Å². The van der Waals surface area contributed by atoms with Gasteiger partial charge >= 0.3 is 39.3 Å². The lowest BCUT2D eigenvalue weighted by molar-refractivity contribution is -0.138. The molecule has 0 spiro atoms. The maximum Gasteiger partial charge on any atom is 0.416 e. The third kappa shape index (κ3) is 11.8. The van der Waals surface area contributed by atoms with Crippen LogP contribution in [0.3, 0.4) is 0 Å². The Morgan fingerprint density at radius 1 is 0.349 bits per heavy atom. The summed E-state index contributed by atoms with van der Waals surface area (Å²) >= 11 is 0. The molecule has 0 bridgehead atoms. The van der Waals surface area contributed by atoms with Crippen molar-refractivity contribution in [2.45, 2.75) is 38.3 Å². The predicted octanol–water partition coefficient (Wildman–Crippen LogP) is 6.90. The standard InChI is InChI=1S/C45H33B3F9N3O3/c49-43(50,51)34-16-10-31(11-17-34)28-61-46(40-7-1-4-22-58-40)37-25-38(47(41-8-2-5-23-59-41)62-29-32-12-18-35(19-13-32)44(52,53)54)27-39(26-37)48(42-9-3-6-24-60-42)63-30-33-14-20-36(21-15-33)45(55,56)57/h1-27H,28-30H2. The number of hydrogen-bond acceptors (Lipinski definition) is 6. The zero-order chi connectivity index (χ0) is 44.6. The van der Waals surface area contributed by atoms with Crippen molar-refractivity contribution in [3.05, 3.63) is 198 Å². The van der Waals surface area contributed by atoms with E-state index in [4.69, 9.17) is 14.0 Å². The van der Waals surface area contributed by atoms with Crippen LogP contribution in [0.15, 0.2) is 164 Å². The first-order chi connectivity index (χ1) is 30.1. The molecule has 0 unspecified atom stereocenters. The summed E-state index contributed by atoms with van der Waals surface area (Å²) in [5, 5.41) is 0. The van der Waals surface area contributed by atoms with Crippen molar-refractivity contribution in [3.8, 4) is 0 Å². The minimum atomic E-state index is -4.54. The Morgan fingerprint density at radius 2 is 0.603 bits per heavy atom. The SMILES string of the molecule is FC(F)(F)c1ccc(COB(c2cc(B(OCc3ccc(C(F)(F)F)cc3)c3ccccn3)cc(B(OCc3ccc(C(F)(F)F)cc3)c3ccccn3)c2)c2ccccn2)cc1. The first-order valence-corrected chi connectivity index (χ1v) is 19.3. The smallest absolute Gasteiger partial charge is 0.416 e. The highest BCUT2D eigenvalue weighted by Crippen LogP contribution is 2.31. The second-order valence-electron chi connectivity index (χ2n) is 14.4. The summed E-state index contributed by atoms with van der Waals surface area (Å²) in [6.45, 7) is -3.27. The summed E-state index contributed by atoms with van der Waals surface area (Å²) in [7, 11) is 0. The normalized spacial score (nSPS) is 12.0. The van der Waals surface area contributed by atoms with Gasteiger partial charge in [0.25, 0.3) is 0 Å². The van der Waals surface area contributed by atoms with Crippen LogP contribution in [-0.4, -0.2) is 35.7 Å². The molecule has 0 N–H and O–H groups in total. The second kappa shape index (κ2) is 19.4. The molecule has 0 fully saturated rings. The van der Waals surface area contributed by atoms with Crippen molar-refractivity contribution in [2.75, 3.05) is 0 Å². The predicted molar refractivity (Wildman–Crippen MR) is 223 cm³/mol. The Kier molecular flexibility index (Phi) is 13.8. The molecule has 0 aliphatic carbocycles. The van der Waals surface area contributed by atoms with E-state index in [1.54, 1.807) is 91.4 Å². The average molecular weight is 867 g/mol. The molecule has 0 radical (unpaired) electrons. The largest absolute Gasteiger partial charge is 0.422 e. The maximum absolute atomic E-state index is 13.4. The van der Waals surface area contributed by atoms with Gasteiger partial charge in [0.05, 0.1) is 36.5 Å². The molecular weight excluding hydrogens is 834 g/mol.